The molecular formula is C16H12ClFN2O. The molecule has 1 N–H and O–H groups in total. The van der Waals surface area contributed by atoms with Crippen LogP contribution in [0.15, 0.2) is 54.7 Å². The summed E-state index contributed by atoms with van der Waals surface area (Å²) < 4.78 is 14.7. The van der Waals surface area contributed by atoms with Crippen molar-refractivity contribution in [1.82, 2.24) is 9.78 Å². The highest BCUT2D eigenvalue weighted by Crippen LogP contribution is 2.24. The smallest absolute Gasteiger partial charge is 0.123 e. The Morgan fingerprint density at radius 2 is 1.71 bits per heavy atom. The van der Waals surface area contributed by atoms with Crippen LogP contribution in [0.1, 0.15) is 5.56 Å². The van der Waals surface area contributed by atoms with E-state index in [0.29, 0.717) is 16.3 Å². The summed E-state index contributed by atoms with van der Waals surface area (Å²) in [5, 5.41) is 14.6. The van der Waals surface area contributed by atoms with Crippen molar-refractivity contribution in [2.75, 3.05) is 0 Å². The molecule has 0 saturated carbocycles. The van der Waals surface area contributed by atoms with Gasteiger partial charge in [0.25, 0.3) is 0 Å². The van der Waals surface area contributed by atoms with Crippen molar-refractivity contribution < 1.29 is 9.50 Å². The van der Waals surface area contributed by atoms with Gasteiger partial charge >= 0.3 is 0 Å². The number of hydrogen-bond acceptors (Lipinski definition) is 2. The van der Waals surface area contributed by atoms with Crippen LogP contribution in [0.5, 0.6) is 0 Å². The highest BCUT2D eigenvalue weighted by Gasteiger charge is 2.11. The van der Waals surface area contributed by atoms with Crippen LogP contribution in [-0.2, 0) is 6.61 Å². The Bertz CT molecular complexity index is 751. The number of nitrogens with zero attached hydrogens (tertiary/aromatic N) is 2. The molecule has 0 saturated heterocycles. The van der Waals surface area contributed by atoms with Gasteiger partial charge in [-0.25, -0.2) is 9.07 Å². The fourth-order valence-corrected chi connectivity index (χ4v) is 2.23. The largest absolute Gasteiger partial charge is 0.392 e. The summed E-state index contributed by atoms with van der Waals surface area (Å²) in [5.41, 5.74) is 2.90. The SMILES string of the molecule is OCc1cn(-c2ccc(Cl)cc2)nc1-c1ccc(F)cc1. The van der Waals surface area contributed by atoms with Gasteiger partial charge in [-0.2, -0.15) is 5.10 Å². The van der Waals surface area contributed by atoms with Gasteiger partial charge in [0.2, 0.25) is 0 Å². The second-order valence-electron chi connectivity index (χ2n) is 4.59. The molecule has 0 fully saturated rings. The molecule has 0 aliphatic heterocycles. The number of halogens is 2. The molecule has 0 aliphatic rings. The third-order valence-electron chi connectivity index (χ3n) is 3.17. The van der Waals surface area contributed by atoms with Crippen LogP contribution in [0.4, 0.5) is 4.39 Å². The summed E-state index contributed by atoms with van der Waals surface area (Å²) in [6.45, 7) is -0.139. The van der Waals surface area contributed by atoms with Gasteiger partial charge in [-0.15, -0.1) is 0 Å². The zero-order valence-corrected chi connectivity index (χ0v) is 11.8. The summed E-state index contributed by atoms with van der Waals surface area (Å²) in [6, 6.07) is 13.3. The minimum atomic E-state index is -0.304. The molecule has 0 radical (unpaired) electrons. The van der Waals surface area contributed by atoms with E-state index in [-0.39, 0.29) is 12.4 Å². The normalized spacial score (nSPS) is 10.8. The Hall–Kier alpha value is -2.17. The molecule has 0 unspecified atom stereocenters. The molecule has 0 bridgehead atoms. The van der Waals surface area contributed by atoms with Crippen LogP contribution in [0.3, 0.4) is 0 Å². The van der Waals surface area contributed by atoms with E-state index in [0.717, 1.165) is 11.3 Å². The first-order valence-corrected chi connectivity index (χ1v) is 6.76. The Balaban J connectivity index is 2.05. The van der Waals surface area contributed by atoms with Crippen molar-refractivity contribution in [2.45, 2.75) is 6.61 Å². The quantitative estimate of drug-likeness (QED) is 0.798. The first-order valence-electron chi connectivity index (χ1n) is 6.38. The van der Waals surface area contributed by atoms with E-state index >= 15 is 0 Å². The van der Waals surface area contributed by atoms with Crippen LogP contribution in [0, 0.1) is 5.82 Å². The van der Waals surface area contributed by atoms with E-state index < -0.39 is 0 Å². The fourth-order valence-electron chi connectivity index (χ4n) is 2.10. The third-order valence-corrected chi connectivity index (χ3v) is 3.42. The van der Waals surface area contributed by atoms with Crippen LogP contribution in [0.25, 0.3) is 16.9 Å². The second kappa shape index (κ2) is 5.68. The Morgan fingerprint density at radius 3 is 2.33 bits per heavy atom. The second-order valence-corrected chi connectivity index (χ2v) is 5.03. The van der Waals surface area contributed by atoms with Gasteiger partial charge in [0.1, 0.15) is 5.82 Å². The average Bonchev–Trinajstić information content (AvgIpc) is 2.93. The number of benzene rings is 2. The maximum Gasteiger partial charge on any atom is 0.123 e. The summed E-state index contributed by atoms with van der Waals surface area (Å²) in [4.78, 5) is 0. The van der Waals surface area contributed by atoms with Crippen molar-refractivity contribution in [3.63, 3.8) is 0 Å². The topological polar surface area (TPSA) is 38.0 Å². The minimum Gasteiger partial charge on any atom is -0.392 e. The van der Waals surface area contributed by atoms with Gasteiger partial charge in [0.15, 0.2) is 0 Å². The van der Waals surface area contributed by atoms with Crippen molar-refractivity contribution in [2.24, 2.45) is 0 Å². The van der Waals surface area contributed by atoms with Crippen LogP contribution in [0.2, 0.25) is 5.02 Å². The zero-order valence-electron chi connectivity index (χ0n) is 11.0. The molecule has 5 heteroatoms. The lowest BCUT2D eigenvalue weighted by Gasteiger charge is -2.01. The molecule has 3 aromatic rings. The predicted octanol–water partition coefficient (Wildman–Crippen LogP) is 3.82. The zero-order chi connectivity index (χ0) is 14.8. The molecule has 0 aliphatic carbocycles. The fraction of sp³-hybridized carbons (Fsp3) is 0.0625. The molecule has 21 heavy (non-hydrogen) atoms. The molecule has 1 heterocycles. The molecular weight excluding hydrogens is 291 g/mol. The Morgan fingerprint density at radius 1 is 1.05 bits per heavy atom. The summed E-state index contributed by atoms with van der Waals surface area (Å²) in [7, 11) is 0. The molecule has 0 amide bonds. The van der Waals surface area contributed by atoms with E-state index in [2.05, 4.69) is 5.10 Å². The molecule has 3 rings (SSSR count). The van der Waals surface area contributed by atoms with Gasteiger partial charge < -0.3 is 5.11 Å². The Kier molecular flexibility index (Phi) is 3.73. The first-order chi connectivity index (χ1) is 10.2. The van der Waals surface area contributed by atoms with E-state index in [4.69, 9.17) is 11.6 Å². The number of aromatic nitrogens is 2. The Labute approximate surface area is 126 Å². The number of aliphatic hydroxyl groups excluding tert-OH is 1. The van der Waals surface area contributed by atoms with E-state index in [1.165, 1.54) is 12.1 Å². The van der Waals surface area contributed by atoms with Gasteiger partial charge in [0.05, 0.1) is 18.0 Å². The van der Waals surface area contributed by atoms with Crippen LogP contribution in [-0.4, -0.2) is 14.9 Å². The van der Waals surface area contributed by atoms with Crippen molar-refractivity contribution in [3.8, 4) is 16.9 Å². The molecule has 106 valence electrons. The van der Waals surface area contributed by atoms with Crippen LogP contribution >= 0.6 is 11.6 Å². The van der Waals surface area contributed by atoms with E-state index in [1.54, 1.807) is 35.1 Å². The van der Waals surface area contributed by atoms with Crippen LogP contribution < -0.4 is 0 Å². The van der Waals surface area contributed by atoms with Gasteiger partial charge in [0, 0.05) is 22.3 Å². The van der Waals surface area contributed by atoms with Crippen molar-refractivity contribution in [1.29, 1.82) is 0 Å². The van der Waals surface area contributed by atoms with E-state index in [9.17, 15) is 9.50 Å². The van der Waals surface area contributed by atoms with Crippen molar-refractivity contribution >= 4 is 11.6 Å². The van der Waals surface area contributed by atoms with Crippen molar-refractivity contribution in [3.05, 3.63) is 71.1 Å². The molecule has 3 nitrogen and oxygen atoms in total. The average molecular weight is 303 g/mol. The highest BCUT2D eigenvalue weighted by molar-refractivity contribution is 6.30. The predicted molar refractivity (Wildman–Crippen MR) is 79.9 cm³/mol. The third kappa shape index (κ3) is 2.82. The lowest BCUT2D eigenvalue weighted by atomic mass is 10.1. The summed E-state index contributed by atoms with van der Waals surface area (Å²) >= 11 is 5.87. The minimum absolute atomic E-state index is 0.139. The lowest BCUT2D eigenvalue weighted by molar-refractivity contribution is 0.282. The van der Waals surface area contributed by atoms with Gasteiger partial charge in [-0.3, -0.25) is 0 Å². The van der Waals surface area contributed by atoms with E-state index in [1.807, 2.05) is 12.1 Å². The molecule has 1 aromatic heterocycles. The molecule has 0 atom stereocenters. The number of hydrogen-bond donors (Lipinski definition) is 1. The highest BCUT2D eigenvalue weighted by atomic mass is 35.5. The van der Waals surface area contributed by atoms with Gasteiger partial charge in [-0.1, -0.05) is 11.6 Å². The molecule has 0 spiro atoms. The molecule has 2 aromatic carbocycles. The maximum absolute atomic E-state index is 13.0. The van der Waals surface area contributed by atoms with Gasteiger partial charge in [-0.05, 0) is 48.5 Å². The summed E-state index contributed by atoms with van der Waals surface area (Å²) in [5.74, 6) is -0.304. The first kappa shape index (κ1) is 13.8. The monoisotopic (exact) mass is 302 g/mol. The number of rotatable bonds is 3. The standard InChI is InChI=1S/C16H12ClFN2O/c17-13-3-7-15(8-4-13)20-9-12(10-21)16(19-20)11-1-5-14(18)6-2-11/h1-9,21H,10H2. The maximum atomic E-state index is 13.0. The number of aliphatic hydroxyl groups is 1. The summed E-state index contributed by atoms with van der Waals surface area (Å²) in [6.07, 6.45) is 1.75. The lowest BCUT2D eigenvalue weighted by Crippen LogP contribution is -1.94.